The van der Waals surface area contributed by atoms with Gasteiger partial charge in [0.25, 0.3) is 0 Å². The van der Waals surface area contributed by atoms with E-state index in [4.69, 9.17) is 4.74 Å². The molecule has 1 aliphatic rings. The van der Waals surface area contributed by atoms with Crippen molar-refractivity contribution >= 4 is 11.6 Å². The Balaban J connectivity index is 2.13. The van der Waals surface area contributed by atoms with Gasteiger partial charge in [-0.25, -0.2) is 0 Å². The minimum atomic E-state index is -0.590. The summed E-state index contributed by atoms with van der Waals surface area (Å²) < 4.78 is 5.50. The third-order valence-electron chi connectivity index (χ3n) is 3.18. The fourth-order valence-corrected chi connectivity index (χ4v) is 1.95. The first-order chi connectivity index (χ1) is 8.59. The highest BCUT2D eigenvalue weighted by Crippen LogP contribution is 2.31. The first-order valence-electron chi connectivity index (χ1n) is 6.30. The van der Waals surface area contributed by atoms with E-state index in [1.807, 2.05) is 38.1 Å². The van der Waals surface area contributed by atoms with Crippen molar-refractivity contribution in [1.29, 1.82) is 0 Å². The quantitative estimate of drug-likeness (QED) is 0.889. The highest BCUT2D eigenvalue weighted by atomic mass is 16.5. The van der Waals surface area contributed by atoms with Crippen molar-refractivity contribution in [2.45, 2.75) is 26.4 Å². The number of aliphatic hydroxyl groups is 1. The molecule has 2 rings (SSSR count). The van der Waals surface area contributed by atoms with Gasteiger partial charge in [0.15, 0.2) is 0 Å². The van der Waals surface area contributed by atoms with E-state index >= 15 is 0 Å². The maximum absolute atomic E-state index is 12.2. The molecule has 1 N–H and O–H groups in total. The summed E-state index contributed by atoms with van der Waals surface area (Å²) in [7, 11) is 0. The number of fused-ring (bicyclic) bond motifs is 1. The van der Waals surface area contributed by atoms with Gasteiger partial charge in [-0.3, -0.25) is 4.79 Å². The van der Waals surface area contributed by atoms with Gasteiger partial charge in [0.2, 0.25) is 5.91 Å². The molecule has 0 aliphatic carbocycles. The average molecular weight is 249 g/mol. The maximum Gasteiger partial charge on any atom is 0.229 e. The first-order valence-corrected chi connectivity index (χ1v) is 6.30. The Labute approximate surface area is 107 Å². The Hall–Kier alpha value is -1.55. The Bertz CT molecular complexity index is 431. The summed E-state index contributed by atoms with van der Waals surface area (Å²) in [6.45, 7) is 4.86. The molecule has 0 fully saturated rings. The van der Waals surface area contributed by atoms with E-state index in [-0.39, 0.29) is 18.2 Å². The van der Waals surface area contributed by atoms with Gasteiger partial charge in [0, 0.05) is 0 Å². The lowest BCUT2D eigenvalue weighted by atomic mass is 10.0. The number of nitrogens with zero attached hydrogens (tertiary/aromatic N) is 1. The molecular formula is C14H19NO3. The number of hydrogen-bond acceptors (Lipinski definition) is 3. The number of ether oxygens (including phenoxy) is 1. The Kier molecular flexibility index (Phi) is 3.87. The standard InChI is InChI=1S/C14H19NO3/c1-10(2)12(16)9-14(17)15-7-8-18-13-6-4-3-5-11(13)15/h3-6,10,12,16H,7-9H2,1-2H3. The molecule has 0 saturated heterocycles. The fraction of sp³-hybridized carbons (Fsp3) is 0.500. The molecule has 0 spiro atoms. The van der Waals surface area contributed by atoms with Crippen molar-refractivity contribution in [3.63, 3.8) is 0 Å². The Morgan fingerprint density at radius 3 is 2.89 bits per heavy atom. The molecule has 1 aromatic carbocycles. The van der Waals surface area contributed by atoms with Gasteiger partial charge in [-0.1, -0.05) is 26.0 Å². The van der Waals surface area contributed by atoms with E-state index in [0.29, 0.717) is 13.2 Å². The zero-order valence-electron chi connectivity index (χ0n) is 10.8. The maximum atomic E-state index is 12.2. The molecule has 1 unspecified atom stereocenters. The zero-order chi connectivity index (χ0) is 13.1. The second-order valence-corrected chi connectivity index (χ2v) is 4.88. The smallest absolute Gasteiger partial charge is 0.229 e. The number of carbonyl (C=O) groups is 1. The number of carbonyl (C=O) groups excluding carboxylic acids is 1. The first kappa shape index (κ1) is 12.9. The number of benzene rings is 1. The molecule has 98 valence electrons. The van der Waals surface area contributed by atoms with Crippen LogP contribution in [0.3, 0.4) is 0 Å². The van der Waals surface area contributed by atoms with Crippen molar-refractivity contribution in [3.8, 4) is 5.75 Å². The molecule has 18 heavy (non-hydrogen) atoms. The van der Waals surface area contributed by atoms with Crippen LogP contribution in [0.2, 0.25) is 0 Å². The molecule has 0 saturated carbocycles. The van der Waals surface area contributed by atoms with Crippen LogP contribution in [0.25, 0.3) is 0 Å². The highest BCUT2D eigenvalue weighted by molar-refractivity contribution is 5.95. The van der Waals surface area contributed by atoms with Gasteiger partial charge in [-0.05, 0) is 18.1 Å². The van der Waals surface area contributed by atoms with Crippen LogP contribution in [0, 0.1) is 5.92 Å². The van der Waals surface area contributed by atoms with Gasteiger partial charge in [-0.2, -0.15) is 0 Å². The summed E-state index contributed by atoms with van der Waals surface area (Å²) >= 11 is 0. The summed E-state index contributed by atoms with van der Waals surface area (Å²) in [6, 6.07) is 7.49. The second-order valence-electron chi connectivity index (χ2n) is 4.88. The van der Waals surface area contributed by atoms with E-state index in [2.05, 4.69) is 0 Å². The lowest BCUT2D eigenvalue weighted by Crippen LogP contribution is -2.40. The monoisotopic (exact) mass is 249 g/mol. The summed E-state index contributed by atoms with van der Waals surface area (Å²) in [5, 5.41) is 9.80. The molecule has 1 heterocycles. The lowest BCUT2D eigenvalue weighted by molar-refractivity contribution is -0.121. The van der Waals surface area contributed by atoms with Crippen LogP contribution in [-0.4, -0.2) is 30.3 Å². The molecule has 4 nitrogen and oxygen atoms in total. The second kappa shape index (κ2) is 5.40. The number of anilines is 1. The molecule has 1 atom stereocenters. The van der Waals surface area contributed by atoms with Crippen LogP contribution >= 0.6 is 0 Å². The number of hydrogen-bond donors (Lipinski definition) is 1. The molecule has 0 bridgehead atoms. The zero-order valence-corrected chi connectivity index (χ0v) is 10.8. The van der Waals surface area contributed by atoms with Crippen molar-refractivity contribution in [3.05, 3.63) is 24.3 Å². The van der Waals surface area contributed by atoms with Crippen LogP contribution in [0.15, 0.2) is 24.3 Å². The number of rotatable bonds is 3. The van der Waals surface area contributed by atoms with Crippen LogP contribution in [-0.2, 0) is 4.79 Å². The van der Waals surface area contributed by atoms with E-state index in [0.717, 1.165) is 11.4 Å². The van der Waals surface area contributed by atoms with Crippen molar-refractivity contribution in [1.82, 2.24) is 0 Å². The molecule has 1 amide bonds. The Morgan fingerprint density at radius 1 is 1.44 bits per heavy atom. The number of amides is 1. The molecule has 1 aliphatic heterocycles. The van der Waals surface area contributed by atoms with E-state index in [1.54, 1.807) is 4.90 Å². The van der Waals surface area contributed by atoms with E-state index in [9.17, 15) is 9.90 Å². The van der Waals surface area contributed by atoms with Crippen LogP contribution in [0.4, 0.5) is 5.69 Å². The Morgan fingerprint density at radius 2 is 2.17 bits per heavy atom. The number of aliphatic hydroxyl groups excluding tert-OH is 1. The number of para-hydroxylation sites is 2. The van der Waals surface area contributed by atoms with Gasteiger partial charge in [0.05, 0.1) is 24.8 Å². The SMILES string of the molecule is CC(C)C(O)CC(=O)N1CCOc2ccccc21. The van der Waals surface area contributed by atoms with Crippen molar-refractivity contribution in [2.24, 2.45) is 5.92 Å². The predicted octanol–water partition coefficient (Wildman–Crippen LogP) is 1.82. The minimum absolute atomic E-state index is 0.0491. The molecule has 4 heteroatoms. The van der Waals surface area contributed by atoms with Gasteiger partial charge < -0.3 is 14.7 Å². The molecule has 0 aromatic heterocycles. The third kappa shape index (κ3) is 2.64. The molecule has 1 aromatic rings. The van der Waals surface area contributed by atoms with Gasteiger partial charge in [0.1, 0.15) is 12.4 Å². The molecule has 0 radical (unpaired) electrons. The minimum Gasteiger partial charge on any atom is -0.490 e. The van der Waals surface area contributed by atoms with Gasteiger partial charge >= 0.3 is 0 Å². The largest absolute Gasteiger partial charge is 0.490 e. The lowest BCUT2D eigenvalue weighted by Gasteiger charge is -2.30. The van der Waals surface area contributed by atoms with Crippen molar-refractivity contribution in [2.75, 3.05) is 18.1 Å². The average Bonchev–Trinajstić information content (AvgIpc) is 2.37. The van der Waals surface area contributed by atoms with E-state index in [1.165, 1.54) is 0 Å². The normalized spacial score (nSPS) is 16.1. The predicted molar refractivity (Wildman–Crippen MR) is 69.8 cm³/mol. The topological polar surface area (TPSA) is 49.8 Å². The van der Waals surface area contributed by atoms with Crippen LogP contribution < -0.4 is 9.64 Å². The summed E-state index contributed by atoms with van der Waals surface area (Å²) in [4.78, 5) is 13.9. The molecular weight excluding hydrogens is 230 g/mol. The van der Waals surface area contributed by atoms with Gasteiger partial charge in [-0.15, -0.1) is 0 Å². The van der Waals surface area contributed by atoms with Crippen LogP contribution in [0.5, 0.6) is 5.75 Å². The highest BCUT2D eigenvalue weighted by Gasteiger charge is 2.25. The summed E-state index contributed by atoms with van der Waals surface area (Å²) in [5.74, 6) is 0.772. The fourth-order valence-electron chi connectivity index (χ4n) is 1.95. The van der Waals surface area contributed by atoms with Crippen molar-refractivity contribution < 1.29 is 14.6 Å². The van der Waals surface area contributed by atoms with Crippen LogP contribution in [0.1, 0.15) is 20.3 Å². The third-order valence-corrected chi connectivity index (χ3v) is 3.18. The van der Waals surface area contributed by atoms with E-state index < -0.39 is 6.10 Å². The summed E-state index contributed by atoms with van der Waals surface area (Å²) in [6.07, 6.45) is -0.432. The summed E-state index contributed by atoms with van der Waals surface area (Å²) in [5.41, 5.74) is 0.796.